The number of carbonyl (C=O) groups excluding carboxylic acids is 1. The third-order valence-electron chi connectivity index (χ3n) is 2.69. The van der Waals surface area contributed by atoms with Gasteiger partial charge in [0.15, 0.2) is 0 Å². The summed E-state index contributed by atoms with van der Waals surface area (Å²) in [6.07, 6.45) is 2.08. The third kappa shape index (κ3) is 3.26. The normalized spacial score (nSPS) is 10.2. The van der Waals surface area contributed by atoms with Gasteiger partial charge in [0.2, 0.25) is 0 Å². The Labute approximate surface area is 115 Å². The molecule has 5 nitrogen and oxygen atoms in total. The second-order valence-corrected chi connectivity index (χ2v) is 4.32. The fourth-order valence-electron chi connectivity index (χ4n) is 1.74. The van der Waals surface area contributed by atoms with E-state index in [2.05, 4.69) is 15.5 Å². The van der Waals surface area contributed by atoms with Gasteiger partial charge in [0.25, 0.3) is 5.91 Å². The molecule has 1 aromatic heterocycles. The number of amides is 1. The summed E-state index contributed by atoms with van der Waals surface area (Å²) in [6.45, 7) is 0.495. The van der Waals surface area contributed by atoms with Gasteiger partial charge in [-0.1, -0.05) is 29.8 Å². The summed E-state index contributed by atoms with van der Waals surface area (Å²) in [5, 5.41) is 9.35. The van der Waals surface area contributed by atoms with Crippen LogP contribution in [0.4, 0.5) is 0 Å². The van der Waals surface area contributed by atoms with E-state index in [1.807, 2.05) is 24.3 Å². The summed E-state index contributed by atoms with van der Waals surface area (Å²) in [4.78, 5) is 11.8. The first-order valence-corrected chi connectivity index (χ1v) is 6.19. The molecular weight excluding hydrogens is 266 g/mol. The lowest BCUT2D eigenvalue weighted by molar-refractivity contribution is 0.0949. The van der Waals surface area contributed by atoms with Crippen LogP contribution in [0.1, 0.15) is 16.1 Å². The molecule has 1 heterocycles. The van der Waals surface area contributed by atoms with Gasteiger partial charge in [-0.25, -0.2) is 0 Å². The molecular formula is C13H14ClN3O2. The zero-order valence-electron chi connectivity index (χ0n) is 10.4. The van der Waals surface area contributed by atoms with Crippen LogP contribution in [-0.2, 0) is 6.42 Å². The van der Waals surface area contributed by atoms with Crippen LogP contribution in [0, 0.1) is 0 Å². The van der Waals surface area contributed by atoms with Crippen LogP contribution in [0.5, 0.6) is 5.75 Å². The minimum atomic E-state index is -0.266. The molecule has 6 heteroatoms. The predicted octanol–water partition coefficient (Wildman–Crippen LogP) is 2.04. The van der Waals surface area contributed by atoms with E-state index in [1.165, 1.54) is 6.20 Å². The fourth-order valence-corrected chi connectivity index (χ4v) is 1.92. The number of halogens is 1. The Morgan fingerprint density at radius 3 is 2.95 bits per heavy atom. The number of aromatic amines is 1. The Hall–Kier alpha value is -2.01. The fraction of sp³-hybridized carbons (Fsp3) is 0.231. The highest BCUT2D eigenvalue weighted by Crippen LogP contribution is 2.17. The Morgan fingerprint density at radius 2 is 2.26 bits per heavy atom. The molecule has 0 bridgehead atoms. The Balaban J connectivity index is 1.90. The number of nitrogens with one attached hydrogen (secondary N) is 2. The molecule has 0 fully saturated rings. The average molecular weight is 280 g/mol. The van der Waals surface area contributed by atoms with Crippen LogP contribution < -0.4 is 10.1 Å². The molecule has 0 unspecified atom stereocenters. The first-order valence-electron chi connectivity index (χ1n) is 5.81. The Bertz CT molecular complexity index is 569. The van der Waals surface area contributed by atoms with Crippen LogP contribution in [0.25, 0.3) is 0 Å². The molecule has 0 saturated carbocycles. The van der Waals surface area contributed by atoms with Crippen LogP contribution >= 0.6 is 11.6 Å². The highest BCUT2D eigenvalue weighted by atomic mass is 35.5. The van der Waals surface area contributed by atoms with E-state index in [4.69, 9.17) is 16.3 Å². The van der Waals surface area contributed by atoms with Crippen molar-refractivity contribution < 1.29 is 9.53 Å². The van der Waals surface area contributed by atoms with Gasteiger partial charge >= 0.3 is 0 Å². The number of hydrogen-bond donors (Lipinski definition) is 2. The second-order valence-electron chi connectivity index (χ2n) is 3.91. The van der Waals surface area contributed by atoms with Crippen LogP contribution in [0.3, 0.4) is 0 Å². The summed E-state index contributed by atoms with van der Waals surface area (Å²) in [6, 6.07) is 7.70. The lowest BCUT2D eigenvalue weighted by atomic mass is 10.1. The van der Waals surface area contributed by atoms with Crippen molar-refractivity contribution in [3.05, 3.63) is 46.7 Å². The van der Waals surface area contributed by atoms with E-state index in [-0.39, 0.29) is 11.6 Å². The Morgan fingerprint density at radius 1 is 1.47 bits per heavy atom. The maximum Gasteiger partial charge on any atom is 0.270 e. The largest absolute Gasteiger partial charge is 0.496 e. The molecule has 0 radical (unpaired) electrons. The van der Waals surface area contributed by atoms with Crippen molar-refractivity contribution in [3.8, 4) is 5.75 Å². The summed E-state index contributed by atoms with van der Waals surface area (Å²) < 4.78 is 5.24. The SMILES string of the molecule is COc1ccccc1CCNC(=O)c1[nH]ncc1Cl. The van der Waals surface area contributed by atoms with Crippen molar-refractivity contribution in [2.24, 2.45) is 0 Å². The maximum absolute atomic E-state index is 11.8. The smallest absolute Gasteiger partial charge is 0.270 e. The number of aromatic nitrogens is 2. The molecule has 0 aliphatic heterocycles. The van der Waals surface area contributed by atoms with Crippen molar-refractivity contribution >= 4 is 17.5 Å². The van der Waals surface area contributed by atoms with Gasteiger partial charge < -0.3 is 10.1 Å². The van der Waals surface area contributed by atoms with Gasteiger partial charge in [-0.15, -0.1) is 0 Å². The highest BCUT2D eigenvalue weighted by molar-refractivity contribution is 6.33. The number of rotatable bonds is 5. The first kappa shape index (κ1) is 13.4. The third-order valence-corrected chi connectivity index (χ3v) is 2.98. The van der Waals surface area contributed by atoms with E-state index in [9.17, 15) is 4.79 Å². The number of benzene rings is 1. The van der Waals surface area contributed by atoms with Gasteiger partial charge in [0.05, 0.1) is 18.3 Å². The van der Waals surface area contributed by atoms with Crippen molar-refractivity contribution in [1.82, 2.24) is 15.5 Å². The van der Waals surface area contributed by atoms with Gasteiger partial charge in [-0.3, -0.25) is 9.89 Å². The lowest BCUT2D eigenvalue weighted by Gasteiger charge is -2.08. The van der Waals surface area contributed by atoms with Crippen LogP contribution in [0.15, 0.2) is 30.5 Å². The molecule has 100 valence electrons. The minimum absolute atomic E-state index is 0.266. The number of para-hydroxylation sites is 1. The lowest BCUT2D eigenvalue weighted by Crippen LogP contribution is -2.26. The molecule has 19 heavy (non-hydrogen) atoms. The van der Waals surface area contributed by atoms with Crippen LogP contribution in [-0.4, -0.2) is 29.8 Å². The van der Waals surface area contributed by atoms with Gasteiger partial charge in [0.1, 0.15) is 11.4 Å². The zero-order chi connectivity index (χ0) is 13.7. The molecule has 0 atom stereocenters. The summed E-state index contributed by atoms with van der Waals surface area (Å²) in [7, 11) is 1.63. The number of methoxy groups -OCH3 is 1. The molecule has 0 saturated heterocycles. The van der Waals surface area contributed by atoms with E-state index in [0.717, 1.165) is 11.3 Å². The van der Waals surface area contributed by atoms with E-state index in [0.29, 0.717) is 18.0 Å². The quantitative estimate of drug-likeness (QED) is 0.880. The molecule has 0 aliphatic rings. The minimum Gasteiger partial charge on any atom is -0.496 e. The number of nitrogens with zero attached hydrogens (tertiary/aromatic N) is 1. The number of carbonyl (C=O) groups is 1. The van der Waals surface area contributed by atoms with Crippen LogP contribution in [0.2, 0.25) is 5.02 Å². The second kappa shape index (κ2) is 6.24. The monoisotopic (exact) mass is 279 g/mol. The van der Waals surface area contributed by atoms with Crippen molar-refractivity contribution in [1.29, 1.82) is 0 Å². The molecule has 1 aromatic carbocycles. The molecule has 0 spiro atoms. The zero-order valence-corrected chi connectivity index (χ0v) is 11.2. The number of ether oxygens (including phenoxy) is 1. The van der Waals surface area contributed by atoms with Crippen molar-refractivity contribution in [2.75, 3.05) is 13.7 Å². The summed E-state index contributed by atoms with van der Waals surface area (Å²) in [5.74, 6) is 0.550. The van der Waals surface area contributed by atoms with Gasteiger partial charge in [0, 0.05) is 6.54 Å². The Kier molecular flexibility index (Phi) is 4.41. The first-order chi connectivity index (χ1) is 9.22. The molecule has 2 rings (SSSR count). The number of H-pyrrole nitrogens is 1. The van der Waals surface area contributed by atoms with Gasteiger partial charge in [-0.2, -0.15) is 5.10 Å². The molecule has 1 amide bonds. The molecule has 2 aromatic rings. The van der Waals surface area contributed by atoms with E-state index in [1.54, 1.807) is 7.11 Å². The number of hydrogen-bond acceptors (Lipinski definition) is 3. The van der Waals surface area contributed by atoms with Gasteiger partial charge in [-0.05, 0) is 18.1 Å². The molecule has 0 aliphatic carbocycles. The summed E-state index contributed by atoms with van der Waals surface area (Å²) >= 11 is 5.80. The highest BCUT2D eigenvalue weighted by Gasteiger charge is 2.11. The van der Waals surface area contributed by atoms with E-state index < -0.39 is 0 Å². The predicted molar refractivity (Wildman–Crippen MR) is 72.6 cm³/mol. The maximum atomic E-state index is 11.8. The standard InChI is InChI=1S/C13H14ClN3O2/c1-19-11-5-3-2-4-9(11)6-7-15-13(18)12-10(14)8-16-17-12/h2-5,8H,6-7H2,1H3,(H,15,18)(H,16,17). The topological polar surface area (TPSA) is 67.0 Å². The van der Waals surface area contributed by atoms with Crippen molar-refractivity contribution in [3.63, 3.8) is 0 Å². The molecule has 2 N–H and O–H groups in total. The summed E-state index contributed by atoms with van der Waals surface area (Å²) in [5.41, 5.74) is 1.32. The van der Waals surface area contributed by atoms with E-state index >= 15 is 0 Å². The van der Waals surface area contributed by atoms with Crippen molar-refractivity contribution in [2.45, 2.75) is 6.42 Å². The average Bonchev–Trinajstić information content (AvgIpc) is 2.85.